The van der Waals surface area contributed by atoms with Crippen LogP contribution in [0.5, 0.6) is 0 Å². The zero-order chi connectivity index (χ0) is 27.3. The fourth-order valence-electron chi connectivity index (χ4n) is 3.84. The Bertz CT molecular complexity index is 1350. The molecule has 0 radical (unpaired) electrons. The molecule has 1 aliphatic heterocycles. The van der Waals surface area contributed by atoms with Crippen LogP contribution in [0.3, 0.4) is 0 Å². The minimum Gasteiger partial charge on any atom is -0.452 e. The van der Waals surface area contributed by atoms with Crippen LogP contribution in [0.1, 0.15) is 26.3 Å². The van der Waals surface area contributed by atoms with Crippen molar-refractivity contribution >= 4 is 44.6 Å². The van der Waals surface area contributed by atoms with Crippen LogP contribution < -0.4 is 0 Å². The highest BCUT2D eigenvalue weighted by Gasteiger charge is 2.52. The van der Waals surface area contributed by atoms with E-state index in [1.807, 2.05) is 22.6 Å². The summed E-state index contributed by atoms with van der Waals surface area (Å²) < 4.78 is 48.9. The Balaban J connectivity index is 1.70. The van der Waals surface area contributed by atoms with Crippen LogP contribution in [0.15, 0.2) is 89.8 Å². The molecule has 1 fully saturated rings. The van der Waals surface area contributed by atoms with E-state index in [2.05, 4.69) is 0 Å². The molecule has 1 aliphatic rings. The number of aliphatic hydroxyl groups is 1. The highest BCUT2D eigenvalue weighted by Crippen LogP contribution is 2.32. The summed E-state index contributed by atoms with van der Waals surface area (Å²) >= 11 is 1.97. The van der Waals surface area contributed by atoms with Crippen LogP contribution in [0.4, 0.5) is 0 Å². The first kappa shape index (κ1) is 28.2. The summed E-state index contributed by atoms with van der Waals surface area (Å²) in [7, 11) is -4.44. The van der Waals surface area contributed by atoms with Crippen molar-refractivity contribution < 1.29 is 41.5 Å². The van der Waals surface area contributed by atoms with Crippen molar-refractivity contribution in [1.82, 2.24) is 0 Å². The second-order valence-electron chi connectivity index (χ2n) is 8.52. The standard InChI is InChI=1S/C27H25IO9S/c1-17-12-14-20(15-13-17)38(32,33)37-24-23(36-26(30)19-10-6-3-7-11-19)22(21(16-28)34-27(24)31)35-25(29)18-8-4-2-5-9-18/h2-15,21-24,27,31H,16H2,1H3. The zero-order valence-electron chi connectivity index (χ0n) is 20.2. The Morgan fingerprint density at radius 2 is 1.32 bits per heavy atom. The van der Waals surface area contributed by atoms with Crippen molar-refractivity contribution in [2.24, 2.45) is 0 Å². The maximum absolute atomic E-state index is 13.1. The smallest absolute Gasteiger partial charge is 0.338 e. The molecule has 0 spiro atoms. The molecule has 11 heteroatoms. The van der Waals surface area contributed by atoms with E-state index in [4.69, 9.17) is 18.4 Å². The van der Waals surface area contributed by atoms with Crippen LogP contribution in [0, 0.1) is 6.92 Å². The monoisotopic (exact) mass is 652 g/mol. The third-order valence-electron chi connectivity index (χ3n) is 5.81. The number of rotatable bonds is 8. The average Bonchev–Trinajstić information content (AvgIpc) is 2.93. The van der Waals surface area contributed by atoms with Crippen LogP contribution in [0.2, 0.25) is 0 Å². The van der Waals surface area contributed by atoms with Gasteiger partial charge >= 0.3 is 11.9 Å². The van der Waals surface area contributed by atoms with Gasteiger partial charge in [0.15, 0.2) is 24.6 Å². The topological polar surface area (TPSA) is 125 Å². The summed E-state index contributed by atoms with van der Waals surface area (Å²) in [5, 5.41) is 10.8. The highest BCUT2D eigenvalue weighted by atomic mass is 127. The molecule has 0 saturated carbocycles. The molecule has 1 N–H and O–H groups in total. The van der Waals surface area contributed by atoms with Gasteiger partial charge < -0.3 is 19.3 Å². The molecule has 38 heavy (non-hydrogen) atoms. The van der Waals surface area contributed by atoms with Gasteiger partial charge in [0.1, 0.15) is 6.10 Å². The molecular weight excluding hydrogens is 627 g/mol. The third kappa shape index (κ3) is 6.59. The Kier molecular flexibility index (Phi) is 9.15. The summed E-state index contributed by atoms with van der Waals surface area (Å²) in [6, 6.07) is 22.0. The van der Waals surface area contributed by atoms with E-state index in [1.54, 1.807) is 67.6 Å². The Morgan fingerprint density at radius 1 is 0.816 bits per heavy atom. The van der Waals surface area contributed by atoms with Gasteiger partial charge in [-0.05, 0) is 43.3 Å². The predicted octanol–water partition coefficient (Wildman–Crippen LogP) is 3.67. The zero-order valence-corrected chi connectivity index (χ0v) is 23.2. The molecule has 9 nitrogen and oxygen atoms in total. The first-order valence-corrected chi connectivity index (χ1v) is 14.5. The van der Waals surface area contributed by atoms with Crippen molar-refractivity contribution in [1.29, 1.82) is 0 Å². The number of hydrogen-bond acceptors (Lipinski definition) is 9. The summed E-state index contributed by atoms with van der Waals surface area (Å²) in [6.07, 6.45) is -7.31. The lowest BCUT2D eigenvalue weighted by atomic mass is 9.99. The average molecular weight is 652 g/mol. The first-order valence-electron chi connectivity index (χ1n) is 11.6. The third-order valence-corrected chi connectivity index (χ3v) is 8.01. The van der Waals surface area contributed by atoms with E-state index in [1.165, 1.54) is 24.3 Å². The van der Waals surface area contributed by atoms with Crippen molar-refractivity contribution in [2.75, 3.05) is 4.43 Å². The minimum absolute atomic E-state index is 0.169. The maximum Gasteiger partial charge on any atom is 0.338 e. The van der Waals surface area contributed by atoms with E-state index < -0.39 is 52.8 Å². The summed E-state index contributed by atoms with van der Waals surface area (Å²) in [4.78, 5) is 25.8. The number of halogens is 1. The molecule has 200 valence electrons. The van der Waals surface area contributed by atoms with E-state index in [9.17, 15) is 23.1 Å². The number of aliphatic hydroxyl groups excluding tert-OH is 1. The molecule has 0 amide bonds. The molecule has 1 saturated heterocycles. The molecule has 5 unspecified atom stereocenters. The normalized spacial score (nSPS) is 23.4. The SMILES string of the molecule is Cc1ccc(S(=O)(=O)OC2C(O)OC(CI)C(OC(=O)c3ccccc3)C2OC(=O)c2ccccc2)cc1. The quantitative estimate of drug-likeness (QED) is 0.168. The molecule has 3 aromatic rings. The van der Waals surface area contributed by atoms with Gasteiger partial charge in [0, 0.05) is 4.43 Å². The number of carbonyl (C=O) groups is 2. The second kappa shape index (κ2) is 12.3. The summed E-state index contributed by atoms with van der Waals surface area (Å²) in [5.74, 6) is -1.56. The highest BCUT2D eigenvalue weighted by molar-refractivity contribution is 14.1. The van der Waals surface area contributed by atoms with Crippen molar-refractivity contribution in [3.05, 3.63) is 102 Å². The van der Waals surface area contributed by atoms with Gasteiger partial charge in [-0.25, -0.2) is 9.59 Å². The number of hydrogen-bond donors (Lipinski definition) is 1. The molecule has 0 aromatic heterocycles. The lowest BCUT2D eigenvalue weighted by Crippen LogP contribution is -2.61. The Morgan fingerprint density at radius 3 is 1.82 bits per heavy atom. The number of alkyl halides is 1. The predicted molar refractivity (Wildman–Crippen MR) is 144 cm³/mol. The van der Waals surface area contributed by atoms with E-state index in [0.29, 0.717) is 0 Å². The van der Waals surface area contributed by atoms with Crippen LogP contribution in [-0.4, -0.2) is 60.6 Å². The van der Waals surface area contributed by atoms with E-state index in [-0.39, 0.29) is 20.4 Å². The first-order chi connectivity index (χ1) is 18.2. The fourth-order valence-corrected chi connectivity index (χ4v) is 5.62. The van der Waals surface area contributed by atoms with Gasteiger partial charge in [0.2, 0.25) is 0 Å². The lowest BCUT2D eigenvalue weighted by Gasteiger charge is -2.42. The number of benzene rings is 3. The van der Waals surface area contributed by atoms with Gasteiger partial charge in [-0.15, -0.1) is 0 Å². The Hall–Kier alpha value is -2.84. The van der Waals surface area contributed by atoms with Crippen LogP contribution in [0.25, 0.3) is 0 Å². The second-order valence-corrected chi connectivity index (χ2v) is 11.0. The van der Waals surface area contributed by atoms with Crippen molar-refractivity contribution in [2.45, 2.75) is 42.5 Å². The molecule has 5 atom stereocenters. The molecular formula is C27H25IO9S. The van der Waals surface area contributed by atoms with E-state index in [0.717, 1.165) is 5.56 Å². The summed E-state index contributed by atoms with van der Waals surface area (Å²) in [6.45, 7) is 1.80. The van der Waals surface area contributed by atoms with Crippen LogP contribution in [-0.2, 0) is 28.5 Å². The molecule has 0 bridgehead atoms. The largest absolute Gasteiger partial charge is 0.452 e. The molecule has 0 aliphatic carbocycles. The Labute approximate surface area is 233 Å². The molecule has 4 rings (SSSR count). The van der Waals surface area contributed by atoms with Gasteiger partial charge in [-0.1, -0.05) is 76.7 Å². The van der Waals surface area contributed by atoms with Crippen LogP contribution >= 0.6 is 22.6 Å². The van der Waals surface area contributed by atoms with Gasteiger partial charge in [0.25, 0.3) is 10.1 Å². The van der Waals surface area contributed by atoms with Crippen molar-refractivity contribution in [3.8, 4) is 0 Å². The molecule has 3 aromatic carbocycles. The lowest BCUT2D eigenvalue weighted by molar-refractivity contribution is -0.267. The number of carbonyl (C=O) groups excluding carboxylic acids is 2. The number of esters is 2. The maximum atomic E-state index is 13.1. The van der Waals surface area contributed by atoms with Gasteiger partial charge in [0.05, 0.1) is 16.0 Å². The van der Waals surface area contributed by atoms with Gasteiger partial charge in [-0.3, -0.25) is 4.18 Å². The number of ether oxygens (including phenoxy) is 3. The van der Waals surface area contributed by atoms with Gasteiger partial charge in [-0.2, -0.15) is 8.42 Å². The van der Waals surface area contributed by atoms with E-state index >= 15 is 0 Å². The number of aryl methyl sites for hydroxylation is 1. The fraction of sp³-hybridized carbons (Fsp3) is 0.259. The molecule has 1 heterocycles. The minimum atomic E-state index is -4.44. The van der Waals surface area contributed by atoms with Crippen molar-refractivity contribution in [3.63, 3.8) is 0 Å². The summed E-state index contributed by atoms with van der Waals surface area (Å²) in [5.41, 5.74) is 1.23.